The van der Waals surface area contributed by atoms with Gasteiger partial charge in [-0.2, -0.15) is 0 Å². The number of amides is 2. The van der Waals surface area contributed by atoms with E-state index in [1.165, 1.54) is 0 Å². The normalized spacial score (nSPS) is 14.8. The number of β-amino-alcohol motifs (C(OH)–C–C–N with tert-alkyl or cyclic N) is 1. The average Bonchev–Trinajstić information content (AvgIpc) is 2.64. The van der Waals surface area contributed by atoms with Gasteiger partial charge in [0.25, 0.3) is 11.8 Å². The first-order chi connectivity index (χ1) is 9.43. The second-order valence-electron chi connectivity index (χ2n) is 3.96. The molecule has 0 radical (unpaired) electrons. The molecule has 0 bridgehead atoms. The molecular formula is C12H9BrF2N2O3. The van der Waals surface area contributed by atoms with Crippen LogP contribution in [0.1, 0.15) is 0 Å². The SMILES string of the molecule is O=C1C=C(Nc2cc(F)c(Br)c(F)c2)C(=O)N1CCO. The molecule has 0 aliphatic carbocycles. The molecule has 0 saturated heterocycles. The third kappa shape index (κ3) is 2.70. The number of halogens is 3. The summed E-state index contributed by atoms with van der Waals surface area (Å²) in [6.07, 6.45) is 1.01. The zero-order chi connectivity index (χ0) is 14.9. The molecule has 1 aliphatic rings. The van der Waals surface area contributed by atoms with E-state index in [0.29, 0.717) is 0 Å². The minimum atomic E-state index is -0.836. The van der Waals surface area contributed by atoms with E-state index in [1.54, 1.807) is 0 Å². The summed E-state index contributed by atoms with van der Waals surface area (Å²) in [6.45, 7) is -0.497. The number of nitrogens with zero attached hydrogens (tertiary/aromatic N) is 1. The molecule has 0 saturated carbocycles. The van der Waals surface area contributed by atoms with Crippen molar-refractivity contribution in [3.8, 4) is 0 Å². The summed E-state index contributed by atoms with van der Waals surface area (Å²) in [7, 11) is 0. The maximum atomic E-state index is 13.3. The van der Waals surface area contributed by atoms with E-state index < -0.39 is 23.4 Å². The van der Waals surface area contributed by atoms with Gasteiger partial charge >= 0.3 is 0 Å². The van der Waals surface area contributed by atoms with E-state index in [9.17, 15) is 18.4 Å². The smallest absolute Gasteiger partial charge is 0.277 e. The number of nitrogens with one attached hydrogen (secondary N) is 1. The first-order valence-corrected chi connectivity index (χ1v) is 6.33. The predicted octanol–water partition coefficient (Wildman–Crippen LogP) is 1.38. The highest BCUT2D eigenvalue weighted by Crippen LogP contribution is 2.25. The van der Waals surface area contributed by atoms with Crippen molar-refractivity contribution in [3.05, 3.63) is 40.0 Å². The molecule has 2 rings (SSSR count). The van der Waals surface area contributed by atoms with Crippen molar-refractivity contribution < 1.29 is 23.5 Å². The van der Waals surface area contributed by atoms with Crippen LogP contribution in [-0.4, -0.2) is 35.0 Å². The Kier molecular flexibility index (Phi) is 4.15. The number of aliphatic hydroxyl groups is 1. The van der Waals surface area contributed by atoms with Crippen molar-refractivity contribution >= 4 is 33.4 Å². The lowest BCUT2D eigenvalue weighted by Crippen LogP contribution is -2.34. The van der Waals surface area contributed by atoms with Gasteiger partial charge in [-0.1, -0.05) is 0 Å². The van der Waals surface area contributed by atoms with Gasteiger partial charge in [0.05, 0.1) is 17.6 Å². The number of imide groups is 1. The van der Waals surface area contributed by atoms with Crippen molar-refractivity contribution in [1.82, 2.24) is 4.90 Å². The topological polar surface area (TPSA) is 69.6 Å². The molecule has 1 aromatic carbocycles. The van der Waals surface area contributed by atoms with Crippen molar-refractivity contribution in [2.24, 2.45) is 0 Å². The third-order valence-corrected chi connectivity index (χ3v) is 3.35. The van der Waals surface area contributed by atoms with Crippen LogP contribution >= 0.6 is 15.9 Å². The summed E-state index contributed by atoms with van der Waals surface area (Å²) in [4.78, 5) is 24.1. The Morgan fingerprint density at radius 3 is 2.40 bits per heavy atom. The van der Waals surface area contributed by atoms with Crippen LogP contribution < -0.4 is 5.32 Å². The van der Waals surface area contributed by atoms with Crippen molar-refractivity contribution in [2.45, 2.75) is 0 Å². The van der Waals surface area contributed by atoms with Crippen LogP contribution in [0.2, 0.25) is 0 Å². The molecule has 1 aromatic rings. The Morgan fingerprint density at radius 1 is 1.25 bits per heavy atom. The lowest BCUT2D eigenvalue weighted by molar-refractivity contribution is -0.137. The largest absolute Gasteiger partial charge is 0.395 e. The first-order valence-electron chi connectivity index (χ1n) is 5.54. The monoisotopic (exact) mass is 346 g/mol. The summed E-state index contributed by atoms with van der Waals surface area (Å²) in [5.74, 6) is -2.92. The number of aliphatic hydroxyl groups excluding tert-OH is 1. The molecule has 0 unspecified atom stereocenters. The number of carbonyl (C=O) groups excluding carboxylic acids is 2. The standard InChI is InChI=1S/C12H9BrF2N2O3/c13-11-7(14)3-6(4-8(11)15)16-9-5-10(19)17(1-2-18)12(9)20/h3-5,16,18H,1-2H2. The van der Waals surface area contributed by atoms with Crippen LogP contribution in [0.15, 0.2) is 28.4 Å². The summed E-state index contributed by atoms with van der Waals surface area (Å²) in [6, 6.07) is 1.97. The molecule has 0 fully saturated rings. The van der Waals surface area contributed by atoms with Gasteiger partial charge in [-0.15, -0.1) is 0 Å². The van der Waals surface area contributed by atoms with Crippen LogP contribution in [0, 0.1) is 11.6 Å². The average molecular weight is 347 g/mol. The number of anilines is 1. The molecule has 2 N–H and O–H groups in total. The summed E-state index contributed by atoms with van der Waals surface area (Å²) in [5.41, 5.74) is -0.106. The van der Waals surface area contributed by atoms with E-state index in [4.69, 9.17) is 5.11 Å². The maximum Gasteiger partial charge on any atom is 0.277 e. The first kappa shape index (κ1) is 14.6. The van der Waals surface area contributed by atoms with Crippen molar-refractivity contribution in [1.29, 1.82) is 0 Å². The van der Waals surface area contributed by atoms with Crippen LogP contribution in [0.3, 0.4) is 0 Å². The minimum Gasteiger partial charge on any atom is -0.395 e. The molecule has 0 spiro atoms. The van der Waals surface area contributed by atoms with Crippen LogP contribution in [0.5, 0.6) is 0 Å². The summed E-state index contributed by atoms with van der Waals surface area (Å²) >= 11 is 2.73. The predicted molar refractivity (Wildman–Crippen MR) is 69.6 cm³/mol. The molecule has 106 valence electrons. The van der Waals surface area contributed by atoms with E-state index in [0.717, 1.165) is 23.1 Å². The molecule has 2 amide bonds. The van der Waals surface area contributed by atoms with Gasteiger partial charge in [-0.05, 0) is 28.1 Å². The van der Waals surface area contributed by atoms with Gasteiger partial charge in [-0.25, -0.2) is 8.78 Å². The molecular weight excluding hydrogens is 338 g/mol. The molecule has 8 heteroatoms. The molecule has 0 aromatic heterocycles. The molecule has 20 heavy (non-hydrogen) atoms. The Morgan fingerprint density at radius 2 is 1.85 bits per heavy atom. The minimum absolute atomic E-state index is 0.00134. The van der Waals surface area contributed by atoms with Crippen molar-refractivity contribution in [2.75, 3.05) is 18.5 Å². The fraction of sp³-hybridized carbons (Fsp3) is 0.167. The Labute approximate surface area is 121 Å². The number of benzene rings is 1. The highest BCUT2D eigenvalue weighted by atomic mass is 79.9. The number of rotatable bonds is 4. The second kappa shape index (κ2) is 5.68. The molecule has 1 aliphatic heterocycles. The van der Waals surface area contributed by atoms with Gasteiger partial charge in [0.1, 0.15) is 17.3 Å². The van der Waals surface area contributed by atoms with E-state index in [1.807, 2.05) is 0 Å². The lowest BCUT2D eigenvalue weighted by Gasteiger charge is -2.13. The van der Waals surface area contributed by atoms with Gasteiger partial charge in [0.15, 0.2) is 0 Å². The third-order valence-electron chi connectivity index (χ3n) is 2.60. The van der Waals surface area contributed by atoms with Gasteiger partial charge in [-0.3, -0.25) is 14.5 Å². The molecule has 5 nitrogen and oxygen atoms in total. The molecule has 1 heterocycles. The fourth-order valence-corrected chi connectivity index (χ4v) is 1.92. The van der Waals surface area contributed by atoms with Gasteiger partial charge < -0.3 is 10.4 Å². The zero-order valence-electron chi connectivity index (χ0n) is 9.99. The number of carbonyl (C=O) groups is 2. The Balaban J connectivity index is 2.21. The summed E-state index contributed by atoms with van der Waals surface area (Å²) in [5, 5.41) is 11.2. The zero-order valence-corrected chi connectivity index (χ0v) is 11.6. The quantitative estimate of drug-likeness (QED) is 0.638. The lowest BCUT2D eigenvalue weighted by atomic mass is 10.3. The second-order valence-corrected chi connectivity index (χ2v) is 4.75. The number of hydrogen-bond acceptors (Lipinski definition) is 4. The number of hydrogen-bond donors (Lipinski definition) is 2. The highest BCUT2D eigenvalue weighted by molar-refractivity contribution is 9.10. The fourth-order valence-electron chi connectivity index (χ4n) is 1.69. The van der Waals surface area contributed by atoms with Gasteiger partial charge in [0, 0.05) is 11.8 Å². The van der Waals surface area contributed by atoms with Crippen LogP contribution in [-0.2, 0) is 9.59 Å². The molecule has 0 atom stereocenters. The highest BCUT2D eigenvalue weighted by Gasteiger charge is 2.30. The Hall–Kier alpha value is -1.80. The van der Waals surface area contributed by atoms with E-state index >= 15 is 0 Å². The Bertz CT molecular complexity index is 596. The van der Waals surface area contributed by atoms with E-state index in [-0.39, 0.29) is 29.0 Å². The van der Waals surface area contributed by atoms with Crippen molar-refractivity contribution in [3.63, 3.8) is 0 Å². The van der Waals surface area contributed by atoms with Gasteiger partial charge in [0.2, 0.25) is 0 Å². The summed E-state index contributed by atoms with van der Waals surface area (Å²) < 4.78 is 26.4. The van der Waals surface area contributed by atoms with E-state index in [2.05, 4.69) is 21.2 Å². The maximum absolute atomic E-state index is 13.3. The van der Waals surface area contributed by atoms with Crippen LogP contribution in [0.4, 0.5) is 14.5 Å². The van der Waals surface area contributed by atoms with Crippen LogP contribution in [0.25, 0.3) is 0 Å².